The number of nitrogens with one attached hydrogen (secondary N) is 1. The summed E-state index contributed by atoms with van der Waals surface area (Å²) in [6, 6.07) is 22.5. The van der Waals surface area contributed by atoms with E-state index in [0.717, 1.165) is 16.8 Å². The molecule has 2 amide bonds. The van der Waals surface area contributed by atoms with Crippen LogP contribution in [-0.4, -0.2) is 17.6 Å². The van der Waals surface area contributed by atoms with Crippen LogP contribution in [0.1, 0.15) is 26.9 Å². The highest BCUT2D eigenvalue weighted by Crippen LogP contribution is 2.42. The third-order valence-electron chi connectivity index (χ3n) is 4.72. The highest BCUT2D eigenvalue weighted by Gasteiger charge is 2.34. The predicted molar refractivity (Wildman–Crippen MR) is 120 cm³/mol. The monoisotopic (exact) mass is 422 g/mol. The van der Waals surface area contributed by atoms with Gasteiger partial charge in [0.15, 0.2) is 0 Å². The Bertz CT molecular complexity index is 1070. The van der Waals surface area contributed by atoms with E-state index in [1.54, 1.807) is 36.0 Å². The maximum absolute atomic E-state index is 12.5. The van der Waals surface area contributed by atoms with Gasteiger partial charge in [0.05, 0.1) is 16.3 Å². The highest BCUT2D eigenvalue weighted by atomic mass is 35.5. The summed E-state index contributed by atoms with van der Waals surface area (Å²) < 4.78 is 0. The van der Waals surface area contributed by atoms with Crippen molar-refractivity contribution in [3.8, 4) is 0 Å². The number of aryl methyl sites for hydroxylation is 1. The molecule has 4 rings (SSSR count). The number of halogens is 1. The van der Waals surface area contributed by atoms with E-state index in [1.165, 1.54) is 0 Å². The molecule has 6 heteroatoms. The van der Waals surface area contributed by atoms with E-state index in [0.29, 0.717) is 22.0 Å². The zero-order chi connectivity index (χ0) is 20.4. The summed E-state index contributed by atoms with van der Waals surface area (Å²) in [6.07, 6.45) is 0. The van der Waals surface area contributed by atoms with Gasteiger partial charge in [-0.3, -0.25) is 14.5 Å². The number of nitrogens with zero attached hydrogens (tertiary/aromatic N) is 1. The normalized spacial score (nSPS) is 16.1. The van der Waals surface area contributed by atoms with Gasteiger partial charge in [-0.05, 0) is 54.4 Å². The average Bonchev–Trinajstić information content (AvgIpc) is 3.10. The minimum absolute atomic E-state index is 0.0855. The van der Waals surface area contributed by atoms with Gasteiger partial charge in [0.25, 0.3) is 5.91 Å². The van der Waals surface area contributed by atoms with E-state index < -0.39 is 0 Å². The van der Waals surface area contributed by atoms with Crippen LogP contribution in [0.15, 0.2) is 72.8 Å². The molecule has 0 unspecified atom stereocenters. The number of anilines is 2. The molecule has 0 spiro atoms. The maximum Gasteiger partial charge on any atom is 0.257 e. The zero-order valence-electron chi connectivity index (χ0n) is 15.8. The van der Waals surface area contributed by atoms with Gasteiger partial charge in [0.1, 0.15) is 5.37 Å². The summed E-state index contributed by atoms with van der Waals surface area (Å²) in [5, 5.41) is 3.19. The summed E-state index contributed by atoms with van der Waals surface area (Å²) in [6.45, 7) is 2.02. The van der Waals surface area contributed by atoms with Crippen LogP contribution in [0.4, 0.5) is 11.4 Å². The quantitative estimate of drug-likeness (QED) is 0.588. The summed E-state index contributed by atoms with van der Waals surface area (Å²) in [7, 11) is 0. The fourth-order valence-electron chi connectivity index (χ4n) is 3.30. The van der Waals surface area contributed by atoms with Gasteiger partial charge >= 0.3 is 0 Å². The van der Waals surface area contributed by atoms with E-state index in [-0.39, 0.29) is 17.2 Å². The molecule has 1 atom stereocenters. The van der Waals surface area contributed by atoms with Crippen LogP contribution in [0.25, 0.3) is 0 Å². The van der Waals surface area contributed by atoms with Gasteiger partial charge in [-0.25, -0.2) is 0 Å². The lowest BCUT2D eigenvalue weighted by molar-refractivity contribution is -0.115. The van der Waals surface area contributed by atoms with Crippen molar-refractivity contribution in [1.29, 1.82) is 0 Å². The van der Waals surface area contributed by atoms with Crippen LogP contribution in [0, 0.1) is 6.92 Å². The average molecular weight is 423 g/mol. The minimum atomic E-state index is -0.254. The summed E-state index contributed by atoms with van der Waals surface area (Å²) in [4.78, 5) is 26.8. The molecule has 1 N–H and O–H groups in total. The van der Waals surface area contributed by atoms with E-state index in [1.807, 2.05) is 60.4 Å². The Morgan fingerprint density at radius 2 is 1.83 bits per heavy atom. The van der Waals surface area contributed by atoms with Crippen molar-refractivity contribution in [1.82, 2.24) is 0 Å². The Hall–Kier alpha value is -2.76. The lowest BCUT2D eigenvalue weighted by Crippen LogP contribution is -2.27. The molecule has 1 fully saturated rings. The minimum Gasteiger partial charge on any atom is -0.322 e. The van der Waals surface area contributed by atoms with E-state index in [2.05, 4.69) is 5.32 Å². The third-order valence-corrected chi connectivity index (χ3v) is 6.26. The first-order valence-electron chi connectivity index (χ1n) is 9.19. The first kappa shape index (κ1) is 19.6. The molecular weight excluding hydrogens is 404 g/mol. The molecule has 29 heavy (non-hydrogen) atoms. The Kier molecular flexibility index (Phi) is 5.60. The lowest BCUT2D eigenvalue weighted by Gasteiger charge is -2.25. The van der Waals surface area contributed by atoms with Crippen molar-refractivity contribution < 1.29 is 9.59 Å². The first-order chi connectivity index (χ1) is 14.0. The standard InChI is InChI=1S/C23H19ClN2O2S/c1-15-5-4-6-18(13-15)26-21(27)14-29-23(26)16-9-11-17(12-10-16)25-22(28)19-7-2-3-8-20(19)24/h2-13,23H,14H2,1H3,(H,25,28)/t23-/m0/s1. The van der Waals surface area contributed by atoms with Crippen molar-refractivity contribution >= 4 is 46.6 Å². The molecule has 4 nitrogen and oxygen atoms in total. The van der Waals surface area contributed by atoms with Gasteiger partial charge in [0, 0.05) is 11.4 Å². The van der Waals surface area contributed by atoms with Crippen molar-refractivity contribution in [2.24, 2.45) is 0 Å². The zero-order valence-corrected chi connectivity index (χ0v) is 17.3. The molecular formula is C23H19ClN2O2S. The molecule has 146 valence electrons. The Morgan fingerprint density at radius 3 is 2.55 bits per heavy atom. The summed E-state index contributed by atoms with van der Waals surface area (Å²) in [5.74, 6) is 0.292. The number of thioether (sulfide) groups is 1. The molecule has 0 saturated carbocycles. The molecule has 0 aliphatic carbocycles. The van der Waals surface area contributed by atoms with Crippen LogP contribution in [0.3, 0.4) is 0 Å². The smallest absolute Gasteiger partial charge is 0.257 e. The molecule has 1 saturated heterocycles. The Labute approximate surface area is 178 Å². The second kappa shape index (κ2) is 8.31. The Balaban J connectivity index is 1.53. The summed E-state index contributed by atoms with van der Waals surface area (Å²) >= 11 is 7.70. The number of carbonyl (C=O) groups excluding carboxylic acids is 2. The Morgan fingerprint density at radius 1 is 1.07 bits per heavy atom. The van der Waals surface area contributed by atoms with Gasteiger partial charge in [0.2, 0.25) is 5.91 Å². The fraction of sp³-hybridized carbons (Fsp3) is 0.130. The third kappa shape index (κ3) is 4.16. The number of amides is 2. The number of hydrogen-bond acceptors (Lipinski definition) is 3. The highest BCUT2D eigenvalue weighted by molar-refractivity contribution is 8.00. The summed E-state index contributed by atoms with van der Waals surface area (Å²) in [5.41, 5.74) is 4.14. The fourth-order valence-corrected chi connectivity index (χ4v) is 4.70. The molecule has 3 aromatic carbocycles. The molecule has 0 aromatic heterocycles. The molecule has 1 heterocycles. The second-order valence-electron chi connectivity index (χ2n) is 6.82. The van der Waals surface area contributed by atoms with Crippen LogP contribution < -0.4 is 10.2 Å². The van der Waals surface area contributed by atoms with Gasteiger partial charge in [-0.15, -0.1) is 11.8 Å². The van der Waals surface area contributed by atoms with Gasteiger partial charge in [-0.1, -0.05) is 48.0 Å². The van der Waals surface area contributed by atoms with Gasteiger partial charge in [-0.2, -0.15) is 0 Å². The van der Waals surface area contributed by atoms with Crippen LogP contribution >= 0.6 is 23.4 Å². The van der Waals surface area contributed by atoms with Crippen molar-refractivity contribution in [2.75, 3.05) is 16.0 Å². The van der Waals surface area contributed by atoms with Crippen LogP contribution in [0.5, 0.6) is 0 Å². The largest absolute Gasteiger partial charge is 0.322 e. The maximum atomic E-state index is 12.5. The molecule has 0 bridgehead atoms. The number of hydrogen-bond donors (Lipinski definition) is 1. The number of rotatable bonds is 4. The number of benzene rings is 3. The van der Waals surface area contributed by atoms with Crippen LogP contribution in [-0.2, 0) is 4.79 Å². The van der Waals surface area contributed by atoms with E-state index >= 15 is 0 Å². The molecule has 1 aliphatic rings. The van der Waals surface area contributed by atoms with Crippen molar-refractivity contribution in [2.45, 2.75) is 12.3 Å². The van der Waals surface area contributed by atoms with E-state index in [9.17, 15) is 9.59 Å². The van der Waals surface area contributed by atoms with Gasteiger partial charge < -0.3 is 5.32 Å². The van der Waals surface area contributed by atoms with Crippen LogP contribution in [0.2, 0.25) is 5.02 Å². The second-order valence-corrected chi connectivity index (χ2v) is 8.30. The van der Waals surface area contributed by atoms with E-state index in [4.69, 9.17) is 11.6 Å². The molecule has 3 aromatic rings. The van der Waals surface area contributed by atoms with Crippen molar-refractivity contribution in [3.05, 3.63) is 94.5 Å². The number of carbonyl (C=O) groups is 2. The van der Waals surface area contributed by atoms with Crippen molar-refractivity contribution in [3.63, 3.8) is 0 Å². The lowest BCUT2D eigenvalue weighted by atomic mass is 10.1. The predicted octanol–water partition coefficient (Wildman–Crippen LogP) is 5.68. The molecule has 1 aliphatic heterocycles. The molecule has 0 radical (unpaired) electrons. The topological polar surface area (TPSA) is 49.4 Å². The SMILES string of the molecule is Cc1cccc(N2C(=O)CS[C@H]2c2ccc(NC(=O)c3ccccc3Cl)cc2)c1. The first-order valence-corrected chi connectivity index (χ1v) is 10.6.